The number of fused-ring (bicyclic) bond motifs is 2. The molecule has 0 saturated heterocycles. The summed E-state index contributed by atoms with van der Waals surface area (Å²) in [5, 5.41) is 3.78. The zero-order valence-corrected chi connectivity index (χ0v) is 18.3. The lowest BCUT2D eigenvalue weighted by Gasteiger charge is -2.22. The molecule has 1 heterocycles. The van der Waals surface area contributed by atoms with E-state index in [1.165, 1.54) is 37.7 Å². The number of para-hydroxylation sites is 1. The van der Waals surface area contributed by atoms with Gasteiger partial charge in [0.15, 0.2) is 0 Å². The molecule has 1 atom stereocenters. The summed E-state index contributed by atoms with van der Waals surface area (Å²) in [5.41, 5.74) is 6.07. The Morgan fingerprint density at radius 2 is 1.63 bits per heavy atom. The average Bonchev–Trinajstić information content (AvgIpc) is 3.23. The van der Waals surface area contributed by atoms with E-state index in [0.717, 1.165) is 10.5 Å². The molecule has 30 heavy (non-hydrogen) atoms. The molecule has 5 aromatic rings. The normalized spacial score (nSPS) is 12.3. The summed E-state index contributed by atoms with van der Waals surface area (Å²) >= 11 is 3.63. The lowest BCUT2D eigenvalue weighted by atomic mass is 9.92. The molecule has 0 aliphatic rings. The number of thioether (sulfide) groups is 1. The van der Waals surface area contributed by atoms with Crippen LogP contribution in [0.3, 0.4) is 0 Å². The topological polar surface area (TPSA) is 12.9 Å². The van der Waals surface area contributed by atoms with Crippen molar-refractivity contribution >= 4 is 50.2 Å². The van der Waals surface area contributed by atoms with Crippen molar-refractivity contribution in [1.29, 1.82) is 0 Å². The molecule has 0 fully saturated rings. The van der Waals surface area contributed by atoms with Crippen LogP contribution in [-0.2, 0) is 0 Å². The van der Waals surface area contributed by atoms with E-state index >= 15 is 0 Å². The number of benzene rings is 4. The second-order valence-electron chi connectivity index (χ2n) is 7.19. The van der Waals surface area contributed by atoms with Crippen LogP contribution in [0.4, 0.5) is 0 Å². The summed E-state index contributed by atoms with van der Waals surface area (Å²) in [6.45, 7) is 4.04. The van der Waals surface area contributed by atoms with Crippen molar-refractivity contribution in [3.8, 4) is 10.6 Å². The van der Waals surface area contributed by atoms with Crippen LogP contribution >= 0.6 is 23.1 Å². The maximum atomic E-state index is 5.04. The van der Waals surface area contributed by atoms with Gasteiger partial charge < -0.3 is 0 Å². The first-order valence-electron chi connectivity index (χ1n) is 9.92. The first-order chi connectivity index (χ1) is 14.8. The van der Waals surface area contributed by atoms with E-state index in [-0.39, 0.29) is 5.25 Å². The van der Waals surface area contributed by atoms with E-state index in [4.69, 9.17) is 4.98 Å². The zero-order valence-electron chi connectivity index (χ0n) is 16.7. The number of hydrogen-bond acceptors (Lipinski definition) is 3. The van der Waals surface area contributed by atoms with Gasteiger partial charge in [-0.3, -0.25) is 0 Å². The second-order valence-corrected chi connectivity index (χ2v) is 9.16. The second kappa shape index (κ2) is 8.10. The predicted octanol–water partition coefficient (Wildman–Crippen LogP) is 8.21. The van der Waals surface area contributed by atoms with Crippen LogP contribution in [0.2, 0.25) is 0 Å². The molecule has 3 heteroatoms. The molecule has 0 N–H and O–H groups in total. The van der Waals surface area contributed by atoms with Crippen LogP contribution in [-0.4, -0.2) is 11.2 Å². The summed E-state index contributed by atoms with van der Waals surface area (Å²) < 4.78 is 1.22. The van der Waals surface area contributed by atoms with Gasteiger partial charge in [-0.2, -0.15) is 11.8 Å². The third-order valence-corrected chi connectivity index (χ3v) is 7.52. The Morgan fingerprint density at radius 1 is 0.867 bits per heavy atom. The summed E-state index contributed by atoms with van der Waals surface area (Å²) in [7, 11) is 0. The van der Waals surface area contributed by atoms with Gasteiger partial charge in [0.25, 0.3) is 0 Å². The third-order valence-electron chi connectivity index (χ3n) is 5.49. The van der Waals surface area contributed by atoms with Crippen LogP contribution in [0.5, 0.6) is 0 Å². The van der Waals surface area contributed by atoms with Crippen LogP contribution in [0.1, 0.15) is 21.9 Å². The highest BCUT2D eigenvalue weighted by Crippen LogP contribution is 2.45. The van der Waals surface area contributed by atoms with E-state index in [2.05, 4.69) is 97.8 Å². The first-order valence-corrected chi connectivity index (χ1v) is 12.0. The van der Waals surface area contributed by atoms with E-state index < -0.39 is 0 Å². The monoisotopic (exact) mass is 423 g/mol. The minimum atomic E-state index is 0.200. The molecule has 0 amide bonds. The number of aromatic nitrogens is 1. The van der Waals surface area contributed by atoms with E-state index in [0.29, 0.717) is 0 Å². The third kappa shape index (κ3) is 3.24. The zero-order chi connectivity index (χ0) is 20.5. The van der Waals surface area contributed by atoms with Crippen molar-refractivity contribution in [2.45, 2.75) is 5.25 Å². The smallest absolute Gasteiger partial charge is 0.125 e. The van der Waals surface area contributed by atoms with Crippen molar-refractivity contribution < 1.29 is 0 Å². The molecule has 1 nitrogen and oxygen atoms in total. The van der Waals surface area contributed by atoms with Crippen molar-refractivity contribution in [2.75, 3.05) is 6.26 Å². The molecule has 146 valence electrons. The van der Waals surface area contributed by atoms with Gasteiger partial charge in [-0.15, -0.1) is 11.3 Å². The van der Waals surface area contributed by atoms with Crippen molar-refractivity contribution in [3.63, 3.8) is 0 Å². The number of nitrogens with zero attached hydrogens (tertiary/aromatic N) is 1. The summed E-state index contributed by atoms with van der Waals surface area (Å²) in [6.07, 6.45) is 4.14. The Bertz CT molecular complexity index is 1330. The Kier molecular flexibility index (Phi) is 5.16. The fourth-order valence-electron chi connectivity index (χ4n) is 4.08. The van der Waals surface area contributed by atoms with Gasteiger partial charge in [0, 0.05) is 5.56 Å². The summed E-state index contributed by atoms with van der Waals surface area (Å²) in [5.74, 6) is 0. The van der Waals surface area contributed by atoms with E-state index in [1.807, 2.05) is 17.8 Å². The summed E-state index contributed by atoms with van der Waals surface area (Å²) in [4.78, 5) is 5.04. The van der Waals surface area contributed by atoms with Gasteiger partial charge >= 0.3 is 0 Å². The highest BCUT2D eigenvalue weighted by atomic mass is 32.2. The van der Waals surface area contributed by atoms with Gasteiger partial charge in [-0.05, 0) is 45.9 Å². The van der Waals surface area contributed by atoms with E-state index in [1.54, 1.807) is 11.3 Å². The Labute approximate surface area is 185 Å². The molecule has 5 rings (SSSR count). The van der Waals surface area contributed by atoms with Crippen LogP contribution in [0.15, 0.2) is 91.5 Å². The van der Waals surface area contributed by atoms with Gasteiger partial charge in [0.2, 0.25) is 0 Å². The Morgan fingerprint density at radius 3 is 2.47 bits per heavy atom. The molecule has 0 spiro atoms. The van der Waals surface area contributed by atoms with Crippen LogP contribution < -0.4 is 0 Å². The number of hydrogen-bond donors (Lipinski definition) is 0. The van der Waals surface area contributed by atoms with E-state index in [9.17, 15) is 0 Å². The average molecular weight is 424 g/mol. The molecular formula is C27H21NS2. The lowest BCUT2D eigenvalue weighted by Crippen LogP contribution is -2.02. The molecule has 1 unspecified atom stereocenters. The highest BCUT2D eigenvalue weighted by Gasteiger charge is 2.23. The predicted molar refractivity (Wildman–Crippen MR) is 134 cm³/mol. The molecule has 0 bridgehead atoms. The Balaban J connectivity index is 1.82. The van der Waals surface area contributed by atoms with Gasteiger partial charge in [0.1, 0.15) is 5.01 Å². The maximum absolute atomic E-state index is 5.04. The van der Waals surface area contributed by atoms with Crippen molar-refractivity contribution in [3.05, 3.63) is 108 Å². The summed E-state index contributed by atoms with van der Waals surface area (Å²) in [6, 6.07) is 30.1. The van der Waals surface area contributed by atoms with Gasteiger partial charge in [-0.25, -0.2) is 4.98 Å². The molecule has 4 aromatic carbocycles. The number of thiazole rings is 1. The SMILES string of the molecule is C=Cc1ccccc1C(SC)c1ccc2ccccc2c1-c1nc2ccccc2s1. The van der Waals surface area contributed by atoms with Crippen molar-refractivity contribution in [2.24, 2.45) is 0 Å². The highest BCUT2D eigenvalue weighted by molar-refractivity contribution is 7.99. The van der Waals surface area contributed by atoms with Crippen LogP contribution in [0.25, 0.3) is 37.6 Å². The minimum Gasteiger partial charge on any atom is -0.236 e. The molecule has 0 aliphatic heterocycles. The van der Waals surface area contributed by atoms with Crippen molar-refractivity contribution in [1.82, 2.24) is 4.98 Å². The first kappa shape index (κ1) is 19.1. The maximum Gasteiger partial charge on any atom is 0.125 e. The molecular weight excluding hydrogens is 402 g/mol. The van der Waals surface area contributed by atoms with Gasteiger partial charge in [-0.1, -0.05) is 85.5 Å². The minimum absolute atomic E-state index is 0.200. The molecule has 1 aromatic heterocycles. The largest absolute Gasteiger partial charge is 0.236 e. The number of rotatable bonds is 5. The van der Waals surface area contributed by atoms with Crippen LogP contribution in [0, 0.1) is 0 Å². The van der Waals surface area contributed by atoms with Gasteiger partial charge in [0.05, 0.1) is 15.5 Å². The quantitative estimate of drug-likeness (QED) is 0.282. The standard InChI is InChI=1S/C27H21NS2/c1-3-18-10-4-7-13-21(18)26(29-2)22-17-16-19-11-5-6-12-20(19)25(22)27-28-23-14-8-9-15-24(23)30-27/h3-17,26H,1H2,2H3. The Hall–Kier alpha value is -2.88. The fourth-order valence-corrected chi connectivity index (χ4v) is 6.05. The molecule has 0 saturated carbocycles. The molecule has 0 aliphatic carbocycles. The molecule has 0 radical (unpaired) electrons. The lowest BCUT2D eigenvalue weighted by molar-refractivity contribution is 1.16. The fraction of sp³-hybridized carbons (Fsp3) is 0.0741.